The van der Waals surface area contributed by atoms with Gasteiger partial charge in [-0.1, -0.05) is 0 Å². The number of aryl methyl sites for hydroxylation is 1. The Morgan fingerprint density at radius 2 is 2.46 bits per heavy atom. The molecule has 0 aliphatic carbocycles. The van der Waals surface area contributed by atoms with Gasteiger partial charge in [0.25, 0.3) is 0 Å². The molecule has 1 aliphatic heterocycles. The third-order valence-electron chi connectivity index (χ3n) is 2.21. The molecular formula is C9H15N3O. The van der Waals surface area contributed by atoms with Gasteiger partial charge < -0.3 is 14.6 Å². The molecule has 0 unspecified atom stereocenters. The van der Waals surface area contributed by atoms with Crippen LogP contribution in [0.3, 0.4) is 0 Å². The van der Waals surface area contributed by atoms with Crippen LogP contribution in [-0.4, -0.2) is 28.7 Å². The summed E-state index contributed by atoms with van der Waals surface area (Å²) in [4.78, 5) is 4.27. The summed E-state index contributed by atoms with van der Waals surface area (Å²) < 4.78 is 7.69. The largest absolute Gasteiger partial charge is 0.366 e. The molecule has 2 rings (SSSR count). The van der Waals surface area contributed by atoms with Crippen LogP contribution in [0.5, 0.6) is 0 Å². The summed E-state index contributed by atoms with van der Waals surface area (Å²) in [7, 11) is 1.97. The molecule has 1 N–H and O–H groups in total. The van der Waals surface area contributed by atoms with E-state index in [0.717, 1.165) is 18.8 Å². The van der Waals surface area contributed by atoms with Crippen molar-refractivity contribution in [1.29, 1.82) is 0 Å². The number of ether oxygens (including phenoxy) is 1. The normalized spacial score (nSPS) is 29.1. The van der Waals surface area contributed by atoms with Gasteiger partial charge in [-0.3, -0.25) is 0 Å². The molecule has 2 heterocycles. The Balaban J connectivity index is 2.08. The van der Waals surface area contributed by atoms with Gasteiger partial charge in [-0.05, 0) is 6.92 Å². The van der Waals surface area contributed by atoms with Gasteiger partial charge in [-0.25, -0.2) is 4.98 Å². The molecule has 1 aromatic rings. The Kier molecular flexibility index (Phi) is 2.33. The predicted octanol–water partition coefficient (Wildman–Crippen LogP) is 0.469. The van der Waals surface area contributed by atoms with Crippen molar-refractivity contribution in [2.24, 2.45) is 7.05 Å². The van der Waals surface area contributed by atoms with Gasteiger partial charge in [0.15, 0.2) is 0 Å². The fourth-order valence-electron chi connectivity index (χ4n) is 1.57. The lowest BCUT2D eigenvalue weighted by molar-refractivity contribution is -0.0307. The van der Waals surface area contributed by atoms with Crippen molar-refractivity contribution in [1.82, 2.24) is 14.9 Å². The Labute approximate surface area is 77.9 Å². The first kappa shape index (κ1) is 8.72. The maximum absolute atomic E-state index is 5.75. The SMILES string of the molecule is C[C@@H]1CNC[C@H](c2cn(C)cn2)O1. The molecule has 1 saturated heterocycles. The topological polar surface area (TPSA) is 39.1 Å². The second-order valence-corrected chi connectivity index (χ2v) is 3.56. The molecule has 0 aromatic carbocycles. The molecule has 13 heavy (non-hydrogen) atoms. The van der Waals surface area contributed by atoms with Crippen LogP contribution < -0.4 is 5.32 Å². The first-order chi connectivity index (χ1) is 6.25. The van der Waals surface area contributed by atoms with Gasteiger partial charge in [-0.2, -0.15) is 0 Å². The number of imidazole rings is 1. The van der Waals surface area contributed by atoms with Crippen molar-refractivity contribution in [2.45, 2.75) is 19.1 Å². The Morgan fingerprint density at radius 1 is 1.62 bits per heavy atom. The lowest BCUT2D eigenvalue weighted by Crippen LogP contribution is -2.39. The van der Waals surface area contributed by atoms with Gasteiger partial charge >= 0.3 is 0 Å². The number of hydrogen-bond donors (Lipinski definition) is 1. The molecule has 2 atom stereocenters. The average Bonchev–Trinajstić information content (AvgIpc) is 2.52. The zero-order chi connectivity index (χ0) is 9.26. The molecule has 0 saturated carbocycles. The Bertz CT molecular complexity index is 284. The second kappa shape index (κ2) is 3.47. The zero-order valence-electron chi connectivity index (χ0n) is 8.03. The van der Waals surface area contributed by atoms with Gasteiger partial charge in [0.05, 0.1) is 18.1 Å². The van der Waals surface area contributed by atoms with E-state index in [0.29, 0.717) is 0 Å². The Morgan fingerprint density at radius 3 is 3.08 bits per heavy atom. The van der Waals surface area contributed by atoms with Crippen LogP contribution >= 0.6 is 0 Å². The first-order valence-corrected chi connectivity index (χ1v) is 4.60. The molecule has 0 bridgehead atoms. The van der Waals surface area contributed by atoms with E-state index in [2.05, 4.69) is 17.2 Å². The van der Waals surface area contributed by atoms with E-state index in [1.54, 1.807) is 6.33 Å². The van der Waals surface area contributed by atoms with Crippen molar-refractivity contribution in [3.8, 4) is 0 Å². The van der Waals surface area contributed by atoms with Crippen LogP contribution in [0.1, 0.15) is 18.7 Å². The van der Waals surface area contributed by atoms with Crippen LogP contribution in [0, 0.1) is 0 Å². The summed E-state index contributed by atoms with van der Waals surface area (Å²) in [6, 6.07) is 0. The van der Waals surface area contributed by atoms with Gasteiger partial charge in [0, 0.05) is 26.3 Å². The fraction of sp³-hybridized carbons (Fsp3) is 0.667. The minimum atomic E-state index is 0.116. The molecule has 0 radical (unpaired) electrons. The van der Waals surface area contributed by atoms with E-state index in [1.165, 1.54) is 0 Å². The van der Waals surface area contributed by atoms with Crippen molar-refractivity contribution < 1.29 is 4.74 Å². The highest BCUT2D eigenvalue weighted by Crippen LogP contribution is 2.18. The molecule has 1 fully saturated rings. The minimum absolute atomic E-state index is 0.116. The van der Waals surface area contributed by atoms with E-state index >= 15 is 0 Å². The van der Waals surface area contributed by atoms with Gasteiger partial charge in [0.2, 0.25) is 0 Å². The summed E-state index contributed by atoms with van der Waals surface area (Å²) >= 11 is 0. The maximum Gasteiger partial charge on any atom is 0.114 e. The smallest absolute Gasteiger partial charge is 0.114 e. The van der Waals surface area contributed by atoms with Crippen molar-refractivity contribution in [2.75, 3.05) is 13.1 Å². The molecule has 72 valence electrons. The Hall–Kier alpha value is -0.870. The maximum atomic E-state index is 5.75. The highest BCUT2D eigenvalue weighted by molar-refractivity contribution is 5.03. The lowest BCUT2D eigenvalue weighted by Gasteiger charge is -2.27. The van der Waals surface area contributed by atoms with Gasteiger partial charge in [0.1, 0.15) is 6.10 Å². The summed E-state index contributed by atoms with van der Waals surface area (Å²) in [6.07, 6.45) is 4.20. The summed E-state index contributed by atoms with van der Waals surface area (Å²) in [5.41, 5.74) is 1.02. The third kappa shape index (κ3) is 1.89. The monoisotopic (exact) mass is 181 g/mol. The summed E-state index contributed by atoms with van der Waals surface area (Å²) in [6.45, 7) is 3.87. The lowest BCUT2D eigenvalue weighted by atomic mass is 10.2. The van der Waals surface area contributed by atoms with Gasteiger partial charge in [-0.15, -0.1) is 0 Å². The van der Waals surface area contributed by atoms with Crippen LogP contribution in [0.25, 0.3) is 0 Å². The standard InChI is InChI=1S/C9H15N3O/c1-7-3-10-4-9(13-7)8-5-12(2)6-11-8/h5-7,9-10H,3-4H2,1-2H3/t7-,9-/m1/s1. The molecule has 4 heteroatoms. The first-order valence-electron chi connectivity index (χ1n) is 4.60. The number of morpholine rings is 1. The molecule has 1 aliphatic rings. The highest BCUT2D eigenvalue weighted by Gasteiger charge is 2.21. The molecular weight excluding hydrogens is 166 g/mol. The second-order valence-electron chi connectivity index (χ2n) is 3.56. The quantitative estimate of drug-likeness (QED) is 0.684. The predicted molar refractivity (Wildman–Crippen MR) is 49.4 cm³/mol. The number of nitrogens with zero attached hydrogens (tertiary/aromatic N) is 2. The molecule has 1 aromatic heterocycles. The van der Waals surface area contributed by atoms with Crippen molar-refractivity contribution >= 4 is 0 Å². The fourth-order valence-corrected chi connectivity index (χ4v) is 1.57. The van der Waals surface area contributed by atoms with E-state index in [-0.39, 0.29) is 12.2 Å². The molecule has 4 nitrogen and oxygen atoms in total. The average molecular weight is 181 g/mol. The van der Waals surface area contributed by atoms with Crippen molar-refractivity contribution in [3.63, 3.8) is 0 Å². The van der Waals surface area contributed by atoms with Crippen LogP contribution in [0.4, 0.5) is 0 Å². The number of aromatic nitrogens is 2. The van der Waals surface area contributed by atoms with E-state index in [4.69, 9.17) is 4.74 Å². The molecule has 0 amide bonds. The van der Waals surface area contributed by atoms with E-state index < -0.39 is 0 Å². The zero-order valence-corrected chi connectivity index (χ0v) is 8.03. The number of nitrogens with one attached hydrogen (secondary N) is 1. The van der Waals surface area contributed by atoms with Crippen LogP contribution in [0.15, 0.2) is 12.5 Å². The number of rotatable bonds is 1. The van der Waals surface area contributed by atoms with Crippen LogP contribution in [-0.2, 0) is 11.8 Å². The minimum Gasteiger partial charge on any atom is -0.366 e. The van der Waals surface area contributed by atoms with E-state index in [9.17, 15) is 0 Å². The van der Waals surface area contributed by atoms with Crippen molar-refractivity contribution in [3.05, 3.63) is 18.2 Å². The number of hydrogen-bond acceptors (Lipinski definition) is 3. The summed E-state index contributed by atoms with van der Waals surface area (Å²) in [5.74, 6) is 0. The third-order valence-corrected chi connectivity index (χ3v) is 2.21. The van der Waals surface area contributed by atoms with E-state index in [1.807, 2.05) is 17.8 Å². The van der Waals surface area contributed by atoms with Crippen LogP contribution in [0.2, 0.25) is 0 Å². The molecule has 0 spiro atoms. The summed E-state index contributed by atoms with van der Waals surface area (Å²) in [5, 5.41) is 3.32. The highest BCUT2D eigenvalue weighted by atomic mass is 16.5.